The number of carbonyl (C=O) groups is 5. The van der Waals surface area contributed by atoms with Crippen LogP contribution >= 0.6 is 0 Å². The number of piperidine rings is 1. The van der Waals surface area contributed by atoms with Crippen LogP contribution < -0.4 is 16.0 Å². The summed E-state index contributed by atoms with van der Waals surface area (Å²) in [5.41, 5.74) is -0.174. The zero-order chi connectivity index (χ0) is 23.1. The lowest BCUT2D eigenvalue weighted by Gasteiger charge is -2.43. The molecule has 0 radical (unpaired) electrons. The lowest BCUT2D eigenvalue weighted by Crippen LogP contribution is -2.65. The number of ether oxygens (including phenoxy) is 1. The quantitative estimate of drug-likeness (QED) is 0.468. The van der Waals surface area contributed by atoms with Gasteiger partial charge in [0.15, 0.2) is 0 Å². The molecular formula is C22H28N4O6. The highest BCUT2D eigenvalue weighted by atomic mass is 16.5. The SMILES string of the molecule is CC(=O)NCC(=O)N[C@@H]1CC[C@@]2(C(=O)NCC(=O)OCc3ccccc3)CCCN2C1=O. The Labute approximate surface area is 186 Å². The standard InChI is InChI=1S/C22H28N4O6/c1-15(27)23-12-18(28)25-17-8-10-22(9-5-11-26(22)20(17)30)21(31)24-13-19(29)32-14-16-6-3-2-4-7-16/h2-4,6-7,17H,5,8-14H2,1H3,(H,23,27)(H,24,31)(H,25,28)/t17-,22-/m1/s1. The Hall–Kier alpha value is -3.43. The normalized spacial score (nSPS) is 22.0. The Morgan fingerprint density at radius 2 is 1.84 bits per heavy atom. The van der Waals surface area contributed by atoms with Crippen molar-refractivity contribution in [1.82, 2.24) is 20.9 Å². The highest BCUT2D eigenvalue weighted by Crippen LogP contribution is 2.38. The molecule has 3 N–H and O–H groups in total. The molecule has 2 atom stereocenters. The van der Waals surface area contributed by atoms with Gasteiger partial charge in [-0.2, -0.15) is 0 Å². The second kappa shape index (κ2) is 10.3. The molecule has 2 saturated heterocycles. The summed E-state index contributed by atoms with van der Waals surface area (Å²) in [7, 11) is 0. The molecule has 0 bridgehead atoms. The van der Waals surface area contributed by atoms with Gasteiger partial charge in [-0.15, -0.1) is 0 Å². The van der Waals surface area contributed by atoms with Gasteiger partial charge in [0.1, 0.15) is 24.7 Å². The van der Waals surface area contributed by atoms with Crippen LogP contribution in [0.4, 0.5) is 0 Å². The molecule has 0 aliphatic carbocycles. The summed E-state index contributed by atoms with van der Waals surface area (Å²) in [5.74, 6) is -2.08. The highest BCUT2D eigenvalue weighted by molar-refractivity contribution is 5.97. The number of carbonyl (C=O) groups excluding carboxylic acids is 5. The first-order valence-corrected chi connectivity index (χ1v) is 10.6. The van der Waals surface area contributed by atoms with E-state index in [4.69, 9.17) is 4.74 Å². The molecule has 0 unspecified atom stereocenters. The molecule has 172 valence electrons. The van der Waals surface area contributed by atoms with E-state index in [-0.39, 0.29) is 37.4 Å². The predicted molar refractivity (Wildman–Crippen MR) is 113 cm³/mol. The summed E-state index contributed by atoms with van der Waals surface area (Å²) >= 11 is 0. The summed E-state index contributed by atoms with van der Waals surface area (Å²) in [6, 6.07) is 8.47. The largest absolute Gasteiger partial charge is 0.460 e. The van der Waals surface area contributed by atoms with Crippen molar-refractivity contribution in [3.05, 3.63) is 35.9 Å². The van der Waals surface area contributed by atoms with E-state index in [1.54, 1.807) is 0 Å². The van der Waals surface area contributed by atoms with Gasteiger partial charge >= 0.3 is 5.97 Å². The number of amides is 4. The second-order valence-corrected chi connectivity index (χ2v) is 8.02. The fourth-order valence-corrected chi connectivity index (χ4v) is 4.19. The number of hydrogen-bond donors (Lipinski definition) is 3. The Bertz CT molecular complexity index is 890. The number of fused-ring (bicyclic) bond motifs is 1. The average Bonchev–Trinajstić information content (AvgIpc) is 3.23. The molecule has 10 heteroatoms. The first-order valence-electron chi connectivity index (χ1n) is 10.6. The summed E-state index contributed by atoms with van der Waals surface area (Å²) in [6.45, 7) is 1.32. The van der Waals surface area contributed by atoms with E-state index in [1.807, 2.05) is 30.3 Å². The van der Waals surface area contributed by atoms with Crippen molar-refractivity contribution in [2.24, 2.45) is 0 Å². The van der Waals surface area contributed by atoms with E-state index in [9.17, 15) is 24.0 Å². The van der Waals surface area contributed by atoms with Gasteiger partial charge in [0, 0.05) is 13.5 Å². The molecule has 10 nitrogen and oxygen atoms in total. The first kappa shape index (κ1) is 23.2. The maximum Gasteiger partial charge on any atom is 0.325 e. The zero-order valence-electron chi connectivity index (χ0n) is 18.0. The van der Waals surface area contributed by atoms with Crippen molar-refractivity contribution in [2.75, 3.05) is 19.6 Å². The van der Waals surface area contributed by atoms with Crippen molar-refractivity contribution >= 4 is 29.6 Å². The number of nitrogens with one attached hydrogen (secondary N) is 3. The van der Waals surface area contributed by atoms with Crippen LogP contribution in [-0.2, 0) is 35.3 Å². The van der Waals surface area contributed by atoms with Gasteiger partial charge in [-0.1, -0.05) is 30.3 Å². The molecule has 1 aromatic rings. The molecule has 1 aromatic carbocycles. The zero-order valence-corrected chi connectivity index (χ0v) is 18.0. The lowest BCUT2D eigenvalue weighted by molar-refractivity contribution is -0.153. The highest BCUT2D eigenvalue weighted by Gasteiger charge is 2.54. The maximum atomic E-state index is 13.0. The molecule has 2 heterocycles. The van der Waals surface area contributed by atoms with Gasteiger partial charge in [0.2, 0.25) is 23.6 Å². The van der Waals surface area contributed by atoms with E-state index < -0.39 is 23.5 Å². The Kier molecular flexibility index (Phi) is 7.45. The van der Waals surface area contributed by atoms with Gasteiger partial charge < -0.3 is 25.6 Å². The van der Waals surface area contributed by atoms with E-state index in [0.29, 0.717) is 32.2 Å². The Morgan fingerprint density at radius 1 is 1.09 bits per heavy atom. The molecule has 3 rings (SSSR count). The number of esters is 1. The monoisotopic (exact) mass is 444 g/mol. The number of rotatable bonds is 8. The molecular weight excluding hydrogens is 416 g/mol. The van der Waals surface area contributed by atoms with Crippen LogP contribution in [0.2, 0.25) is 0 Å². The van der Waals surface area contributed by atoms with Crippen LogP contribution in [0.3, 0.4) is 0 Å². The van der Waals surface area contributed by atoms with Crippen molar-refractivity contribution in [3.8, 4) is 0 Å². The summed E-state index contributed by atoms with van der Waals surface area (Å²) in [5, 5.41) is 7.63. The van der Waals surface area contributed by atoms with Crippen molar-refractivity contribution in [1.29, 1.82) is 0 Å². The summed E-state index contributed by atoms with van der Waals surface area (Å²) < 4.78 is 5.18. The maximum absolute atomic E-state index is 13.0. The fraction of sp³-hybridized carbons (Fsp3) is 0.500. The van der Waals surface area contributed by atoms with E-state index in [2.05, 4.69) is 16.0 Å². The smallest absolute Gasteiger partial charge is 0.325 e. The average molecular weight is 444 g/mol. The minimum atomic E-state index is -1.02. The van der Waals surface area contributed by atoms with Crippen LogP contribution in [0, 0.1) is 0 Å². The minimum absolute atomic E-state index is 0.116. The molecule has 4 amide bonds. The third-order valence-electron chi connectivity index (χ3n) is 5.79. The summed E-state index contributed by atoms with van der Waals surface area (Å²) in [6.07, 6.45) is 1.82. The van der Waals surface area contributed by atoms with Gasteiger partial charge in [-0.25, -0.2) is 0 Å². The Morgan fingerprint density at radius 3 is 2.56 bits per heavy atom. The third-order valence-corrected chi connectivity index (χ3v) is 5.79. The topological polar surface area (TPSA) is 134 Å². The molecule has 0 aromatic heterocycles. The van der Waals surface area contributed by atoms with Crippen LogP contribution in [0.5, 0.6) is 0 Å². The van der Waals surface area contributed by atoms with Gasteiger partial charge in [0.25, 0.3) is 0 Å². The molecule has 32 heavy (non-hydrogen) atoms. The van der Waals surface area contributed by atoms with E-state index in [0.717, 1.165) is 5.56 Å². The van der Waals surface area contributed by atoms with Crippen molar-refractivity contribution in [2.45, 2.75) is 50.8 Å². The van der Waals surface area contributed by atoms with Crippen LogP contribution in [-0.4, -0.2) is 65.7 Å². The summed E-state index contributed by atoms with van der Waals surface area (Å²) in [4.78, 5) is 62.4. The Balaban J connectivity index is 1.52. The van der Waals surface area contributed by atoms with Crippen molar-refractivity contribution < 1.29 is 28.7 Å². The number of nitrogens with zero attached hydrogens (tertiary/aromatic N) is 1. The molecule has 0 spiro atoms. The molecule has 2 aliphatic heterocycles. The van der Waals surface area contributed by atoms with E-state index in [1.165, 1.54) is 11.8 Å². The fourth-order valence-electron chi connectivity index (χ4n) is 4.19. The lowest BCUT2D eigenvalue weighted by atomic mass is 9.83. The second-order valence-electron chi connectivity index (χ2n) is 8.02. The molecule has 2 aliphatic rings. The van der Waals surface area contributed by atoms with Gasteiger partial charge in [0.05, 0.1) is 6.54 Å². The molecule has 0 saturated carbocycles. The van der Waals surface area contributed by atoms with Crippen LogP contribution in [0.15, 0.2) is 30.3 Å². The minimum Gasteiger partial charge on any atom is -0.460 e. The molecule has 2 fully saturated rings. The van der Waals surface area contributed by atoms with Gasteiger partial charge in [-0.3, -0.25) is 24.0 Å². The van der Waals surface area contributed by atoms with Crippen LogP contribution in [0.1, 0.15) is 38.2 Å². The van der Waals surface area contributed by atoms with Gasteiger partial charge in [-0.05, 0) is 31.2 Å². The van der Waals surface area contributed by atoms with Crippen molar-refractivity contribution in [3.63, 3.8) is 0 Å². The number of benzene rings is 1. The number of hydrogen-bond acceptors (Lipinski definition) is 6. The van der Waals surface area contributed by atoms with Crippen LogP contribution in [0.25, 0.3) is 0 Å². The van der Waals surface area contributed by atoms with E-state index >= 15 is 0 Å². The first-order chi connectivity index (χ1) is 15.3. The third kappa shape index (κ3) is 5.43. The predicted octanol–water partition coefficient (Wildman–Crippen LogP) is -0.378.